The quantitative estimate of drug-likeness (QED) is 0.219. The first-order valence-corrected chi connectivity index (χ1v) is 12.8. The molecule has 38 heavy (non-hydrogen) atoms. The molecule has 6 heteroatoms. The van der Waals surface area contributed by atoms with Gasteiger partial charge in [-0.05, 0) is 56.7 Å². The zero-order valence-electron chi connectivity index (χ0n) is 22.3. The van der Waals surface area contributed by atoms with Crippen molar-refractivity contribution in [1.29, 1.82) is 0 Å². The Kier molecular flexibility index (Phi) is 10.6. The van der Waals surface area contributed by atoms with E-state index in [9.17, 15) is 14.4 Å². The molecule has 3 aromatic carbocycles. The van der Waals surface area contributed by atoms with Crippen molar-refractivity contribution in [2.24, 2.45) is 17.3 Å². The molecule has 0 N–H and O–H groups in total. The van der Waals surface area contributed by atoms with Gasteiger partial charge in [-0.2, -0.15) is 0 Å². The van der Waals surface area contributed by atoms with Crippen LogP contribution in [0.3, 0.4) is 0 Å². The summed E-state index contributed by atoms with van der Waals surface area (Å²) in [5.41, 5.74) is 2.09. The summed E-state index contributed by atoms with van der Waals surface area (Å²) in [5.74, 6) is -2.56. The first-order valence-electron chi connectivity index (χ1n) is 12.8. The van der Waals surface area contributed by atoms with E-state index >= 15 is 0 Å². The second kappa shape index (κ2) is 14.1. The van der Waals surface area contributed by atoms with E-state index in [2.05, 4.69) is 0 Å². The summed E-state index contributed by atoms with van der Waals surface area (Å²) in [6.07, 6.45) is 1.03. The average molecular weight is 517 g/mol. The van der Waals surface area contributed by atoms with E-state index < -0.39 is 36.0 Å². The average Bonchev–Trinajstić information content (AvgIpc) is 2.92. The van der Waals surface area contributed by atoms with Crippen LogP contribution in [0.15, 0.2) is 91.0 Å². The summed E-state index contributed by atoms with van der Waals surface area (Å²) in [6.45, 7) is 4.86. The number of benzene rings is 3. The van der Waals surface area contributed by atoms with Gasteiger partial charge in [0.2, 0.25) is 6.79 Å². The van der Waals surface area contributed by atoms with E-state index in [1.54, 1.807) is 20.8 Å². The van der Waals surface area contributed by atoms with Gasteiger partial charge in [-0.15, -0.1) is 0 Å². The van der Waals surface area contributed by atoms with Crippen molar-refractivity contribution in [3.63, 3.8) is 0 Å². The third-order valence-corrected chi connectivity index (χ3v) is 6.11. The Bertz CT molecular complexity index is 1150. The smallest absolute Gasteiger partial charge is 0.314 e. The number of rotatable bonds is 12. The van der Waals surface area contributed by atoms with Crippen LogP contribution in [0.4, 0.5) is 0 Å². The maximum atomic E-state index is 13.3. The third-order valence-electron chi connectivity index (χ3n) is 6.11. The lowest BCUT2D eigenvalue weighted by molar-refractivity contribution is -0.175. The molecule has 0 spiro atoms. The molecule has 0 radical (unpaired) electrons. The van der Waals surface area contributed by atoms with Gasteiger partial charge in [-0.3, -0.25) is 14.4 Å². The summed E-state index contributed by atoms with van der Waals surface area (Å²) in [4.78, 5) is 38.6. The van der Waals surface area contributed by atoms with Crippen molar-refractivity contribution >= 4 is 17.9 Å². The fourth-order valence-corrected chi connectivity index (χ4v) is 3.99. The second-order valence-electron chi connectivity index (χ2n) is 10.4. The molecule has 0 saturated heterocycles. The minimum absolute atomic E-state index is 0.154. The van der Waals surface area contributed by atoms with Crippen LogP contribution in [-0.2, 0) is 48.0 Å². The predicted molar refractivity (Wildman–Crippen MR) is 145 cm³/mol. The van der Waals surface area contributed by atoms with Gasteiger partial charge >= 0.3 is 17.9 Å². The van der Waals surface area contributed by atoms with E-state index in [0.29, 0.717) is 12.8 Å². The van der Waals surface area contributed by atoms with Crippen molar-refractivity contribution in [2.75, 3.05) is 6.79 Å². The molecule has 0 bridgehead atoms. The molecule has 3 rings (SSSR count). The Morgan fingerprint density at radius 2 is 1.03 bits per heavy atom. The molecule has 0 amide bonds. The molecule has 200 valence electrons. The number of carbonyl (C=O) groups excluding carboxylic acids is 3. The van der Waals surface area contributed by atoms with Crippen LogP contribution in [0.2, 0.25) is 0 Å². The standard InChI is InChI=1S/C32H36O6/c1-32(2,3)31(35)38-23-37-30(34)28(20-25-15-9-5-10-16-25)21-27(19-24-13-7-4-8-14-24)29(33)36-22-26-17-11-6-12-18-26/h4-18,27-28H,19-23H2,1-3H3. The van der Waals surface area contributed by atoms with Crippen LogP contribution in [0.25, 0.3) is 0 Å². The third kappa shape index (κ3) is 9.51. The molecule has 3 aromatic rings. The minimum atomic E-state index is -0.709. The number of carbonyl (C=O) groups is 3. The lowest BCUT2D eigenvalue weighted by Crippen LogP contribution is -2.30. The monoisotopic (exact) mass is 516 g/mol. The van der Waals surface area contributed by atoms with Crippen LogP contribution in [0, 0.1) is 17.3 Å². The first kappa shape index (κ1) is 28.6. The van der Waals surface area contributed by atoms with Crippen molar-refractivity contribution in [3.8, 4) is 0 Å². The normalized spacial score (nSPS) is 12.7. The largest absolute Gasteiger partial charge is 0.461 e. The highest BCUT2D eigenvalue weighted by molar-refractivity contribution is 5.77. The van der Waals surface area contributed by atoms with E-state index in [4.69, 9.17) is 14.2 Å². The molecule has 6 nitrogen and oxygen atoms in total. The lowest BCUT2D eigenvalue weighted by Gasteiger charge is -2.23. The second-order valence-corrected chi connectivity index (χ2v) is 10.4. The molecule has 0 saturated carbocycles. The van der Waals surface area contributed by atoms with Gasteiger partial charge in [0, 0.05) is 0 Å². The minimum Gasteiger partial charge on any atom is -0.461 e. The Labute approximate surface area is 224 Å². The van der Waals surface area contributed by atoms with Crippen molar-refractivity contribution in [2.45, 2.75) is 46.6 Å². The highest BCUT2D eigenvalue weighted by Gasteiger charge is 2.31. The summed E-state index contributed by atoms with van der Waals surface area (Å²) in [6, 6.07) is 28.7. The van der Waals surface area contributed by atoms with Gasteiger partial charge in [-0.1, -0.05) is 91.0 Å². The Morgan fingerprint density at radius 3 is 1.47 bits per heavy atom. The lowest BCUT2D eigenvalue weighted by atomic mass is 9.86. The van der Waals surface area contributed by atoms with Crippen LogP contribution < -0.4 is 0 Å². The summed E-state index contributed by atoms with van der Waals surface area (Å²) >= 11 is 0. The van der Waals surface area contributed by atoms with Gasteiger partial charge in [0.1, 0.15) is 6.61 Å². The molecular weight excluding hydrogens is 480 g/mol. The molecular formula is C32H36O6. The molecule has 2 unspecified atom stereocenters. The van der Waals surface area contributed by atoms with Crippen LogP contribution in [0.5, 0.6) is 0 Å². The van der Waals surface area contributed by atoms with Gasteiger partial charge in [0.25, 0.3) is 0 Å². The number of hydrogen-bond acceptors (Lipinski definition) is 6. The molecule has 0 aromatic heterocycles. The van der Waals surface area contributed by atoms with Gasteiger partial charge in [0.05, 0.1) is 17.3 Å². The number of hydrogen-bond donors (Lipinski definition) is 0. The summed E-state index contributed by atoms with van der Waals surface area (Å²) in [5, 5.41) is 0. The molecule has 0 fully saturated rings. The predicted octanol–water partition coefficient (Wildman–Crippen LogP) is 5.93. The van der Waals surface area contributed by atoms with Crippen LogP contribution in [0.1, 0.15) is 43.9 Å². The van der Waals surface area contributed by atoms with Crippen LogP contribution in [-0.4, -0.2) is 24.7 Å². The summed E-state index contributed by atoms with van der Waals surface area (Å²) in [7, 11) is 0. The molecule has 0 aliphatic carbocycles. The van der Waals surface area contributed by atoms with Crippen molar-refractivity contribution in [1.82, 2.24) is 0 Å². The van der Waals surface area contributed by atoms with Crippen LogP contribution >= 0.6 is 0 Å². The van der Waals surface area contributed by atoms with Crippen molar-refractivity contribution < 1.29 is 28.6 Å². The fraction of sp³-hybridized carbons (Fsp3) is 0.344. The topological polar surface area (TPSA) is 78.9 Å². The van der Waals surface area contributed by atoms with E-state index in [1.165, 1.54) is 0 Å². The molecule has 2 atom stereocenters. The Balaban J connectivity index is 1.76. The summed E-state index contributed by atoms with van der Waals surface area (Å²) < 4.78 is 16.2. The maximum Gasteiger partial charge on any atom is 0.314 e. The zero-order chi connectivity index (χ0) is 27.4. The van der Waals surface area contributed by atoms with E-state index in [-0.39, 0.29) is 19.0 Å². The molecule has 0 aliphatic rings. The number of ether oxygens (including phenoxy) is 3. The Morgan fingerprint density at radius 1 is 0.605 bits per heavy atom. The van der Waals surface area contributed by atoms with Gasteiger partial charge in [0.15, 0.2) is 0 Å². The van der Waals surface area contributed by atoms with E-state index in [0.717, 1.165) is 16.7 Å². The van der Waals surface area contributed by atoms with E-state index in [1.807, 2.05) is 91.0 Å². The van der Waals surface area contributed by atoms with Gasteiger partial charge < -0.3 is 14.2 Å². The maximum absolute atomic E-state index is 13.3. The first-order chi connectivity index (χ1) is 18.2. The molecule has 0 aliphatic heterocycles. The SMILES string of the molecule is CC(C)(C)C(=O)OCOC(=O)C(Cc1ccccc1)CC(Cc1ccccc1)C(=O)OCc1ccccc1. The zero-order valence-corrected chi connectivity index (χ0v) is 22.3. The fourth-order valence-electron chi connectivity index (χ4n) is 3.99. The molecule has 0 heterocycles. The number of esters is 3. The van der Waals surface area contributed by atoms with Gasteiger partial charge in [-0.25, -0.2) is 0 Å². The highest BCUT2D eigenvalue weighted by Crippen LogP contribution is 2.25. The van der Waals surface area contributed by atoms with Crippen molar-refractivity contribution in [3.05, 3.63) is 108 Å². The highest BCUT2D eigenvalue weighted by atomic mass is 16.7. The Hall–Kier alpha value is -3.93.